The first-order valence-corrected chi connectivity index (χ1v) is 23.9. The summed E-state index contributed by atoms with van der Waals surface area (Å²) in [5, 5.41) is 2.48. The van der Waals surface area contributed by atoms with Crippen molar-refractivity contribution in [2.75, 3.05) is 4.90 Å². The lowest BCUT2D eigenvalue weighted by Crippen LogP contribution is -2.17. The summed E-state index contributed by atoms with van der Waals surface area (Å²) in [5.41, 5.74) is 25.0. The Morgan fingerprint density at radius 3 is 1.65 bits per heavy atom. The van der Waals surface area contributed by atoms with Crippen molar-refractivity contribution in [2.45, 2.75) is 38.5 Å². The SMILES string of the molecule is CC1(C)c2cc(-c3ccc(N(c4ccc5c6ccccc6n(-c6ccccc6)c5c4)c4ccccc4-c4ccccc4)cc3)ccc2-c2cc3c(cc21)-c1c(-c2ccccc2)cccc1C3(C)C. The lowest BCUT2D eigenvalue weighted by atomic mass is 9.79. The fourth-order valence-electron chi connectivity index (χ4n) is 11.8. The van der Waals surface area contributed by atoms with Crippen molar-refractivity contribution in [1.29, 1.82) is 0 Å². The number of rotatable bonds is 7. The van der Waals surface area contributed by atoms with Crippen LogP contribution in [0.5, 0.6) is 0 Å². The minimum Gasteiger partial charge on any atom is -0.310 e. The monoisotopic (exact) mass is 870 g/mol. The topological polar surface area (TPSA) is 8.17 Å². The highest BCUT2D eigenvalue weighted by molar-refractivity contribution is 6.10. The lowest BCUT2D eigenvalue weighted by Gasteiger charge is -2.28. The molecule has 0 saturated carbocycles. The normalized spacial score (nSPS) is 13.8. The predicted octanol–water partition coefficient (Wildman–Crippen LogP) is 17.9. The highest BCUT2D eigenvalue weighted by atomic mass is 15.1. The molecule has 0 bridgehead atoms. The molecule has 2 nitrogen and oxygen atoms in total. The third-order valence-corrected chi connectivity index (χ3v) is 15.2. The van der Waals surface area contributed by atoms with Crippen LogP contribution >= 0.6 is 0 Å². The summed E-state index contributed by atoms with van der Waals surface area (Å²) in [5.74, 6) is 0. The summed E-state index contributed by atoms with van der Waals surface area (Å²) >= 11 is 0. The van der Waals surface area contributed by atoms with Crippen LogP contribution in [0.3, 0.4) is 0 Å². The van der Waals surface area contributed by atoms with Gasteiger partial charge in [0.1, 0.15) is 0 Å². The van der Waals surface area contributed by atoms with Crippen molar-refractivity contribution >= 4 is 38.9 Å². The van der Waals surface area contributed by atoms with Crippen LogP contribution in [-0.2, 0) is 10.8 Å². The van der Waals surface area contributed by atoms with Crippen molar-refractivity contribution in [3.05, 3.63) is 253 Å². The molecule has 0 fully saturated rings. The predicted molar refractivity (Wildman–Crippen MR) is 287 cm³/mol. The summed E-state index contributed by atoms with van der Waals surface area (Å²) in [4.78, 5) is 2.43. The number of aromatic nitrogens is 1. The quantitative estimate of drug-likeness (QED) is 0.155. The maximum Gasteiger partial charge on any atom is 0.0561 e. The number of hydrogen-bond donors (Lipinski definition) is 0. The van der Waals surface area contributed by atoms with E-state index in [0.29, 0.717) is 0 Å². The van der Waals surface area contributed by atoms with Gasteiger partial charge in [-0.1, -0.05) is 191 Å². The van der Waals surface area contributed by atoms with E-state index in [-0.39, 0.29) is 10.8 Å². The van der Waals surface area contributed by atoms with Crippen LogP contribution in [0.1, 0.15) is 49.9 Å². The smallest absolute Gasteiger partial charge is 0.0561 e. The molecule has 10 aromatic carbocycles. The van der Waals surface area contributed by atoms with Gasteiger partial charge in [-0.15, -0.1) is 0 Å². The standard InChI is InChI=1S/C66H50N2/c1-65(2)57-28-18-27-51(45-21-10-6-11-22-45)64(57)56-42-59-55(41-60(56)65)52-37-33-46(39-58(52)66(59,3)4)43-31-34-48(35-32-43)67(61-29-16-14-25-50(61)44-19-8-5-9-20-44)49-36-38-54-53-26-15-17-30-62(53)68(63(54)40-49)47-23-12-7-13-24-47/h5-42H,1-4H3. The van der Waals surface area contributed by atoms with Crippen LogP contribution in [0.2, 0.25) is 0 Å². The van der Waals surface area contributed by atoms with Crippen LogP contribution in [0.25, 0.3) is 83.1 Å². The molecule has 2 aliphatic carbocycles. The Kier molecular flexibility index (Phi) is 8.95. The van der Waals surface area contributed by atoms with E-state index in [1.807, 2.05) is 0 Å². The summed E-state index contributed by atoms with van der Waals surface area (Å²) in [6, 6.07) is 85.2. The van der Waals surface area contributed by atoms with Gasteiger partial charge in [0.2, 0.25) is 0 Å². The second-order valence-corrected chi connectivity index (χ2v) is 19.7. The molecule has 13 rings (SSSR count). The molecule has 0 radical (unpaired) electrons. The van der Waals surface area contributed by atoms with E-state index in [1.54, 1.807) is 0 Å². The molecular weight excluding hydrogens is 821 g/mol. The van der Waals surface area contributed by atoms with Gasteiger partial charge in [0.15, 0.2) is 0 Å². The molecule has 2 heteroatoms. The zero-order valence-electron chi connectivity index (χ0n) is 38.8. The van der Waals surface area contributed by atoms with Crippen LogP contribution < -0.4 is 4.90 Å². The number of hydrogen-bond acceptors (Lipinski definition) is 1. The van der Waals surface area contributed by atoms with Gasteiger partial charge in [0.05, 0.1) is 16.7 Å². The Morgan fingerprint density at radius 1 is 0.324 bits per heavy atom. The first kappa shape index (κ1) is 40.1. The molecule has 0 amide bonds. The van der Waals surface area contributed by atoms with Crippen LogP contribution in [0.15, 0.2) is 231 Å². The summed E-state index contributed by atoms with van der Waals surface area (Å²) in [7, 11) is 0. The molecule has 324 valence electrons. The number of fused-ring (bicyclic) bond motifs is 9. The van der Waals surface area contributed by atoms with Crippen molar-refractivity contribution in [2.24, 2.45) is 0 Å². The molecule has 0 N–H and O–H groups in total. The van der Waals surface area contributed by atoms with Crippen LogP contribution in [0.4, 0.5) is 17.1 Å². The van der Waals surface area contributed by atoms with Crippen molar-refractivity contribution in [1.82, 2.24) is 4.57 Å². The summed E-state index contributed by atoms with van der Waals surface area (Å²) in [6.45, 7) is 9.63. The molecular formula is C66H50N2. The van der Waals surface area contributed by atoms with Gasteiger partial charge in [-0.05, 0) is 139 Å². The highest BCUT2D eigenvalue weighted by Crippen LogP contribution is 2.58. The first-order chi connectivity index (χ1) is 33.3. The fraction of sp³-hybridized carbons (Fsp3) is 0.0909. The number of para-hydroxylation sites is 3. The molecule has 1 aromatic heterocycles. The van der Waals surface area contributed by atoms with E-state index in [1.165, 1.54) is 99.7 Å². The maximum absolute atomic E-state index is 2.54. The Balaban J connectivity index is 0.917. The Hall–Kier alpha value is -8.20. The van der Waals surface area contributed by atoms with E-state index in [9.17, 15) is 0 Å². The minimum absolute atomic E-state index is 0.110. The Labute approximate surface area is 399 Å². The van der Waals surface area contributed by atoms with E-state index in [0.717, 1.165) is 22.7 Å². The molecule has 0 atom stereocenters. The molecule has 0 aliphatic heterocycles. The second kappa shape index (κ2) is 15.2. The van der Waals surface area contributed by atoms with Crippen LogP contribution in [0, 0.1) is 0 Å². The fourth-order valence-corrected chi connectivity index (χ4v) is 11.8. The molecule has 0 saturated heterocycles. The number of nitrogens with zero attached hydrogens (tertiary/aromatic N) is 2. The minimum atomic E-state index is -0.178. The van der Waals surface area contributed by atoms with E-state index in [4.69, 9.17) is 0 Å². The molecule has 11 aromatic rings. The van der Waals surface area contributed by atoms with Crippen molar-refractivity contribution in [3.8, 4) is 61.3 Å². The van der Waals surface area contributed by atoms with E-state index in [2.05, 4.69) is 268 Å². The Bertz CT molecular complexity index is 3760. The zero-order valence-corrected chi connectivity index (χ0v) is 38.8. The number of anilines is 3. The molecule has 2 aliphatic rings. The van der Waals surface area contributed by atoms with Gasteiger partial charge in [-0.3, -0.25) is 0 Å². The van der Waals surface area contributed by atoms with Gasteiger partial charge < -0.3 is 9.47 Å². The third kappa shape index (κ3) is 6.03. The van der Waals surface area contributed by atoms with Gasteiger partial charge in [-0.25, -0.2) is 0 Å². The van der Waals surface area contributed by atoms with Crippen LogP contribution in [-0.4, -0.2) is 4.57 Å². The second-order valence-electron chi connectivity index (χ2n) is 19.7. The van der Waals surface area contributed by atoms with E-state index < -0.39 is 0 Å². The molecule has 68 heavy (non-hydrogen) atoms. The molecule has 1 heterocycles. The molecule has 0 spiro atoms. The zero-order chi connectivity index (χ0) is 45.7. The summed E-state index contributed by atoms with van der Waals surface area (Å²) in [6.07, 6.45) is 0. The first-order valence-electron chi connectivity index (χ1n) is 23.9. The van der Waals surface area contributed by atoms with Gasteiger partial charge in [0, 0.05) is 44.2 Å². The van der Waals surface area contributed by atoms with Crippen molar-refractivity contribution in [3.63, 3.8) is 0 Å². The number of benzene rings is 10. The average Bonchev–Trinajstić information content (AvgIpc) is 3.93. The third-order valence-electron chi connectivity index (χ3n) is 15.2. The lowest BCUT2D eigenvalue weighted by molar-refractivity contribution is 0.652. The Morgan fingerprint density at radius 2 is 0.882 bits per heavy atom. The highest BCUT2D eigenvalue weighted by Gasteiger charge is 2.42. The van der Waals surface area contributed by atoms with Gasteiger partial charge in [0.25, 0.3) is 0 Å². The van der Waals surface area contributed by atoms with Gasteiger partial charge >= 0.3 is 0 Å². The summed E-state index contributed by atoms with van der Waals surface area (Å²) < 4.78 is 2.40. The van der Waals surface area contributed by atoms with Crippen molar-refractivity contribution < 1.29 is 0 Å². The maximum atomic E-state index is 2.54. The largest absolute Gasteiger partial charge is 0.310 e. The average molecular weight is 871 g/mol. The molecule has 0 unspecified atom stereocenters. The van der Waals surface area contributed by atoms with Gasteiger partial charge in [-0.2, -0.15) is 0 Å². The van der Waals surface area contributed by atoms with E-state index >= 15 is 0 Å².